The third-order valence-corrected chi connectivity index (χ3v) is 6.71. The van der Waals surface area contributed by atoms with Gasteiger partial charge in [0.1, 0.15) is 5.75 Å². The number of ether oxygens (including phenoxy) is 1. The van der Waals surface area contributed by atoms with Crippen LogP contribution in [0.1, 0.15) is 0 Å². The van der Waals surface area contributed by atoms with Gasteiger partial charge < -0.3 is 4.74 Å². The molecule has 25 heavy (non-hydrogen) atoms. The van der Waals surface area contributed by atoms with E-state index in [0.29, 0.717) is 0 Å². The lowest BCUT2D eigenvalue weighted by Gasteiger charge is -2.09. The van der Waals surface area contributed by atoms with Crippen LogP contribution in [0.4, 0.5) is 0 Å². The highest BCUT2D eigenvalue weighted by molar-refractivity contribution is 7.97. The summed E-state index contributed by atoms with van der Waals surface area (Å²) in [7, 11) is -0.115. The average molecular weight is 362 g/mol. The fourth-order valence-corrected chi connectivity index (χ4v) is 5.28. The van der Waals surface area contributed by atoms with Crippen LogP contribution in [0.3, 0.4) is 0 Å². The molecule has 1 nitrogen and oxygen atoms in total. The largest absolute Gasteiger partial charge is 0.447 e. The average Bonchev–Trinajstić information content (AvgIpc) is 3.18. The van der Waals surface area contributed by atoms with E-state index in [4.69, 9.17) is 4.74 Å². The maximum Gasteiger partial charge on any atom is 0.180 e. The molecule has 0 amide bonds. The van der Waals surface area contributed by atoms with E-state index in [-0.39, 0.29) is 10.9 Å². The van der Waals surface area contributed by atoms with Crippen molar-refractivity contribution < 1.29 is 4.74 Å². The zero-order chi connectivity index (χ0) is 16.9. The Labute approximate surface area is 154 Å². The van der Waals surface area contributed by atoms with Gasteiger partial charge in [0.15, 0.2) is 19.7 Å². The lowest BCUT2D eigenvalue weighted by atomic mass is 10.3. The van der Waals surface area contributed by atoms with Crippen LogP contribution in [-0.2, 0) is 10.9 Å². The highest BCUT2D eigenvalue weighted by Crippen LogP contribution is 2.33. The minimum Gasteiger partial charge on any atom is -0.447 e. The fraction of sp³-hybridized carbons (Fsp3) is 0. The lowest BCUT2D eigenvalue weighted by molar-refractivity contribution is 0.496. The van der Waals surface area contributed by atoms with E-state index in [9.17, 15) is 0 Å². The van der Waals surface area contributed by atoms with E-state index in [1.165, 1.54) is 14.7 Å². The molecule has 0 unspecified atom stereocenters. The Balaban J connectivity index is 1.68. The Morgan fingerprint density at radius 1 is 0.560 bits per heavy atom. The summed E-state index contributed by atoms with van der Waals surface area (Å²) in [5.74, 6) is 0.871. The van der Waals surface area contributed by atoms with Crippen molar-refractivity contribution in [2.45, 2.75) is 14.7 Å². The van der Waals surface area contributed by atoms with Gasteiger partial charge in [-0.25, -0.2) is 0 Å². The molecule has 0 aliphatic heterocycles. The van der Waals surface area contributed by atoms with Crippen LogP contribution in [-0.4, -0.2) is 0 Å². The van der Waals surface area contributed by atoms with Gasteiger partial charge in [-0.15, -0.1) is 11.3 Å². The fourth-order valence-electron chi connectivity index (χ4n) is 2.60. The Morgan fingerprint density at radius 2 is 1.12 bits per heavy atom. The van der Waals surface area contributed by atoms with Crippen molar-refractivity contribution in [2.75, 3.05) is 0 Å². The molecule has 0 aliphatic carbocycles. The summed E-state index contributed by atoms with van der Waals surface area (Å²) in [6.07, 6.45) is 0. The van der Waals surface area contributed by atoms with E-state index in [1.807, 2.05) is 17.5 Å². The summed E-state index contributed by atoms with van der Waals surface area (Å²) in [6.45, 7) is 0. The molecule has 0 atom stereocenters. The number of benzene rings is 3. The molecule has 0 radical (unpaired) electrons. The SMILES string of the molecule is c1ccc([S+](c2ccccc2)c2ccc(Oc3cccs3)cc2)cc1. The van der Waals surface area contributed by atoms with Crippen LogP contribution in [0, 0.1) is 0 Å². The normalized spacial score (nSPS) is 10.8. The van der Waals surface area contributed by atoms with Crippen LogP contribution < -0.4 is 4.74 Å². The number of thiophene rings is 1. The summed E-state index contributed by atoms with van der Waals surface area (Å²) in [5.41, 5.74) is 0. The zero-order valence-corrected chi connectivity index (χ0v) is 15.2. The van der Waals surface area contributed by atoms with Crippen molar-refractivity contribution in [3.8, 4) is 10.8 Å². The smallest absolute Gasteiger partial charge is 0.180 e. The van der Waals surface area contributed by atoms with E-state index < -0.39 is 0 Å². The minimum absolute atomic E-state index is 0.115. The summed E-state index contributed by atoms with van der Waals surface area (Å²) in [6, 6.07) is 33.8. The first-order chi connectivity index (χ1) is 12.4. The van der Waals surface area contributed by atoms with Crippen LogP contribution in [0.5, 0.6) is 10.8 Å². The van der Waals surface area contributed by atoms with Crippen molar-refractivity contribution in [3.05, 3.63) is 102 Å². The molecule has 3 aromatic carbocycles. The van der Waals surface area contributed by atoms with Crippen molar-refractivity contribution in [2.24, 2.45) is 0 Å². The molecule has 4 aromatic rings. The van der Waals surface area contributed by atoms with Crippen LogP contribution in [0.2, 0.25) is 0 Å². The monoisotopic (exact) mass is 361 g/mol. The van der Waals surface area contributed by atoms with E-state index in [1.54, 1.807) is 11.3 Å². The molecule has 0 bridgehead atoms. The van der Waals surface area contributed by atoms with Gasteiger partial charge in [0.25, 0.3) is 0 Å². The second-order valence-corrected chi connectivity index (χ2v) is 8.37. The van der Waals surface area contributed by atoms with Crippen LogP contribution in [0.15, 0.2) is 117 Å². The maximum atomic E-state index is 5.89. The third kappa shape index (κ3) is 3.78. The van der Waals surface area contributed by atoms with Gasteiger partial charge in [-0.05, 0) is 66.0 Å². The van der Waals surface area contributed by atoms with Crippen molar-refractivity contribution in [1.82, 2.24) is 0 Å². The number of hydrogen-bond donors (Lipinski definition) is 0. The number of rotatable bonds is 5. The van der Waals surface area contributed by atoms with Gasteiger partial charge in [0, 0.05) is 0 Å². The first-order valence-electron chi connectivity index (χ1n) is 8.06. The van der Waals surface area contributed by atoms with Crippen molar-refractivity contribution in [3.63, 3.8) is 0 Å². The molecule has 1 heterocycles. The van der Waals surface area contributed by atoms with Gasteiger partial charge in [0.05, 0.1) is 10.9 Å². The molecule has 0 saturated heterocycles. The third-order valence-electron chi connectivity index (χ3n) is 3.73. The predicted octanol–water partition coefficient (Wildman–Crippen LogP) is 6.64. The first-order valence-corrected chi connectivity index (χ1v) is 10.2. The Kier molecular flexibility index (Phi) is 4.86. The second-order valence-electron chi connectivity index (χ2n) is 5.44. The van der Waals surface area contributed by atoms with Gasteiger partial charge >= 0.3 is 0 Å². The predicted molar refractivity (Wildman–Crippen MR) is 106 cm³/mol. The maximum absolute atomic E-state index is 5.89. The second kappa shape index (κ2) is 7.60. The molecule has 1 aromatic heterocycles. The molecule has 0 spiro atoms. The van der Waals surface area contributed by atoms with Crippen LogP contribution >= 0.6 is 11.3 Å². The molecular weight excluding hydrogens is 344 g/mol. The molecule has 122 valence electrons. The van der Waals surface area contributed by atoms with Crippen molar-refractivity contribution in [1.29, 1.82) is 0 Å². The number of hydrogen-bond acceptors (Lipinski definition) is 2. The quantitative estimate of drug-likeness (QED) is 0.362. The van der Waals surface area contributed by atoms with Gasteiger partial charge in [-0.2, -0.15) is 0 Å². The topological polar surface area (TPSA) is 9.23 Å². The van der Waals surface area contributed by atoms with Gasteiger partial charge in [0.2, 0.25) is 0 Å². The summed E-state index contributed by atoms with van der Waals surface area (Å²) < 4.78 is 5.89. The zero-order valence-electron chi connectivity index (χ0n) is 13.5. The summed E-state index contributed by atoms with van der Waals surface area (Å²) in [4.78, 5) is 3.93. The summed E-state index contributed by atoms with van der Waals surface area (Å²) in [5, 5.41) is 2.93. The van der Waals surface area contributed by atoms with Gasteiger partial charge in [-0.3, -0.25) is 0 Å². The highest BCUT2D eigenvalue weighted by Gasteiger charge is 2.28. The molecular formula is C22H17OS2+. The first kappa shape index (κ1) is 16.0. The Bertz CT molecular complexity index is 862. The molecule has 0 N–H and O–H groups in total. The Morgan fingerprint density at radius 3 is 1.64 bits per heavy atom. The molecule has 0 saturated carbocycles. The molecule has 0 aliphatic rings. The molecule has 3 heteroatoms. The summed E-state index contributed by atoms with van der Waals surface area (Å²) >= 11 is 1.60. The van der Waals surface area contributed by atoms with Crippen LogP contribution in [0.25, 0.3) is 0 Å². The van der Waals surface area contributed by atoms with Gasteiger partial charge in [-0.1, -0.05) is 36.4 Å². The standard InChI is InChI=1S/C22H17OS2/c1-3-8-19(9-4-1)25(20-10-5-2-6-11-20)21-15-13-18(14-16-21)23-22-12-7-17-24-22/h1-17H/q+1. The Hall–Kier alpha value is -2.49. The molecule has 0 fully saturated rings. The van der Waals surface area contributed by atoms with E-state index >= 15 is 0 Å². The highest BCUT2D eigenvalue weighted by atomic mass is 32.2. The van der Waals surface area contributed by atoms with Crippen molar-refractivity contribution >= 4 is 22.2 Å². The minimum atomic E-state index is -0.115. The van der Waals surface area contributed by atoms with E-state index in [0.717, 1.165) is 10.8 Å². The molecule has 4 rings (SSSR count). The van der Waals surface area contributed by atoms with E-state index in [2.05, 4.69) is 84.9 Å². The lowest BCUT2D eigenvalue weighted by Crippen LogP contribution is -2.04.